The van der Waals surface area contributed by atoms with Crippen molar-refractivity contribution in [3.05, 3.63) is 53.7 Å². The molecule has 6 nitrogen and oxygen atoms in total. The van der Waals surface area contributed by atoms with Crippen LogP contribution in [0.3, 0.4) is 0 Å². The summed E-state index contributed by atoms with van der Waals surface area (Å²) >= 11 is 1.65. The SMILES string of the molecule is CSc1ccc(C(=O)NCc2cccnc2N2CCN(C(C)=O)CC2)cc1. The highest BCUT2D eigenvalue weighted by Crippen LogP contribution is 2.19. The van der Waals surface area contributed by atoms with E-state index in [-0.39, 0.29) is 11.8 Å². The lowest BCUT2D eigenvalue weighted by Crippen LogP contribution is -2.48. The maximum absolute atomic E-state index is 12.4. The van der Waals surface area contributed by atoms with Gasteiger partial charge in [-0.1, -0.05) is 6.07 Å². The summed E-state index contributed by atoms with van der Waals surface area (Å²) in [7, 11) is 0. The third kappa shape index (κ3) is 4.80. The number of piperazine rings is 1. The van der Waals surface area contributed by atoms with Crippen LogP contribution in [0.5, 0.6) is 0 Å². The molecule has 0 aliphatic carbocycles. The van der Waals surface area contributed by atoms with E-state index in [0.29, 0.717) is 25.2 Å². The second-order valence-corrected chi connectivity index (χ2v) is 7.27. The average Bonchev–Trinajstić information content (AvgIpc) is 2.72. The maximum atomic E-state index is 12.4. The molecular weight excluding hydrogens is 360 g/mol. The Morgan fingerprint density at radius 1 is 1.11 bits per heavy atom. The Labute approximate surface area is 164 Å². The van der Waals surface area contributed by atoms with Gasteiger partial charge in [-0.05, 0) is 36.6 Å². The van der Waals surface area contributed by atoms with Crippen LogP contribution in [-0.2, 0) is 11.3 Å². The number of thioether (sulfide) groups is 1. The van der Waals surface area contributed by atoms with Crippen molar-refractivity contribution in [2.75, 3.05) is 37.3 Å². The van der Waals surface area contributed by atoms with E-state index in [1.165, 1.54) is 0 Å². The van der Waals surface area contributed by atoms with Crippen molar-refractivity contribution in [3.8, 4) is 0 Å². The Morgan fingerprint density at radius 2 is 1.81 bits per heavy atom. The monoisotopic (exact) mass is 384 g/mol. The van der Waals surface area contributed by atoms with Crippen LogP contribution in [0.2, 0.25) is 0 Å². The number of pyridine rings is 1. The second kappa shape index (κ2) is 8.90. The number of nitrogens with one attached hydrogen (secondary N) is 1. The molecule has 0 saturated carbocycles. The van der Waals surface area contributed by atoms with Gasteiger partial charge in [0, 0.05) is 61.9 Å². The topological polar surface area (TPSA) is 65.5 Å². The van der Waals surface area contributed by atoms with Gasteiger partial charge in [0.1, 0.15) is 5.82 Å². The summed E-state index contributed by atoms with van der Waals surface area (Å²) < 4.78 is 0. The standard InChI is InChI=1S/C20H24N4O2S/c1-15(25)23-10-12-24(13-11-23)19-17(4-3-9-21-19)14-22-20(26)16-5-7-18(27-2)8-6-16/h3-9H,10-14H2,1-2H3,(H,22,26). The fraction of sp³-hybridized carbons (Fsp3) is 0.350. The quantitative estimate of drug-likeness (QED) is 0.802. The van der Waals surface area contributed by atoms with Gasteiger partial charge in [-0.25, -0.2) is 4.98 Å². The summed E-state index contributed by atoms with van der Waals surface area (Å²) in [6, 6.07) is 11.4. The Kier molecular flexibility index (Phi) is 6.34. The zero-order valence-electron chi connectivity index (χ0n) is 15.6. The molecule has 3 rings (SSSR count). The van der Waals surface area contributed by atoms with Crippen LogP contribution < -0.4 is 10.2 Å². The number of amides is 2. The minimum Gasteiger partial charge on any atom is -0.353 e. The molecule has 142 valence electrons. The van der Waals surface area contributed by atoms with Crippen LogP contribution in [0.4, 0.5) is 5.82 Å². The molecule has 2 aromatic rings. The molecule has 0 spiro atoms. The number of carbonyl (C=O) groups is 2. The van der Waals surface area contributed by atoms with Gasteiger partial charge in [0.05, 0.1) is 0 Å². The van der Waals surface area contributed by atoms with Gasteiger partial charge >= 0.3 is 0 Å². The molecule has 27 heavy (non-hydrogen) atoms. The van der Waals surface area contributed by atoms with Crippen molar-refractivity contribution >= 4 is 29.4 Å². The van der Waals surface area contributed by atoms with Gasteiger partial charge in [-0.2, -0.15) is 0 Å². The van der Waals surface area contributed by atoms with E-state index in [9.17, 15) is 9.59 Å². The van der Waals surface area contributed by atoms with E-state index >= 15 is 0 Å². The smallest absolute Gasteiger partial charge is 0.251 e. The number of rotatable bonds is 5. The first-order chi connectivity index (χ1) is 13.1. The number of hydrogen-bond acceptors (Lipinski definition) is 5. The highest BCUT2D eigenvalue weighted by atomic mass is 32.2. The van der Waals surface area contributed by atoms with Gasteiger partial charge in [0.25, 0.3) is 5.91 Å². The Morgan fingerprint density at radius 3 is 2.44 bits per heavy atom. The zero-order valence-corrected chi connectivity index (χ0v) is 16.5. The zero-order chi connectivity index (χ0) is 19.2. The molecule has 1 aliphatic rings. The molecule has 2 amide bonds. The Hall–Kier alpha value is -2.54. The van der Waals surface area contributed by atoms with Crippen LogP contribution >= 0.6 is 11.8 Å². The number of hydrogen-bond donors (Lipinski definition) is 1. The molecule has 1 aliphatic heterocycles. The maximum Gasteiger partial charge on any atom is 0.251 e. The fourth-order valence-electron chi connectivity index (χ4n) is 3.11. The highest BCUT2D eigenvalue weighted by Gasteiger charge is 2.21. The lowest BCUT2D eigenvalue weighted by atomic mass is 10.2. The van der Waals surface area contributed by atoms with Gasteiger partial charge < -0.3 is 15.1 Å². The molecule has 1 aromatic carbocycles. The van der Waals surface area contributed by atoms with Crippen LogP contribution in [0.1, 0.15) is 22.8 Å². The van der Waals surface area contributed by atoms with Crippen LogP contribution in [0.25, 0.3) is 0 Å². The van der Waals surface area contributed by atoms with Gasteiger partial charge in [-0.15, -0.1) is 11.8 Å². The molecular formula is C20H24N4O2S. The lowest BCUT2D eigenvalue weighted by molar-refractivity contribution is -0.129. The summed E-state index contributed by atoms with van der Waals surface area (Å²) in [4.78, 5) is 33.6. The van der Waals surface area contributed by atoms with E-state index in [2.05, 4.69) is 15.2 Å². The highest BCUT2D eigenvalue weighted by molar-refractivity contribution is 7.98. The summed E-state index contributed by atoms with van der Waals surface area (Å²) in [5.41, 5.74) is 1.62. The van der Waals surface area contributed by atoms with Crippen molar-refractivity contribution in [3.63, 3.8) is 0 Å². The second-order valence-electron chi connectivity index (χ2n) is 6.39. The summed E-state index contributed by atoms with van der Waals surface area (Å²) in [5.74, 6) is 0.883. The predicted molar refractivity (Wildman–Crippen MR) is 108 cm³/mol. The molecule has 1 N–H and O–H groups in total. The van der Waals surface area contributed by atoms with Crippen LogP contribution in [0.15, 0.2) is 47.5 Å². The number of nitrogens with zero attached hydrogens (tertiary/aromatic N) is 3. The van der Waals surface area contributed by atoms with Gasteiger partial charge in [-0.3, -0.25) is 9.59 Å². The molecule has 2 heterocycles. The molecule has 0 unspecified atom stereocenters. The summed E-state index contributed by atoms with van der Waals surface area (Å²) in [6.45, 7) is 4.89. The van der Waals surface area contributed by atoms with Crippen LogP contribution in [0, 0.1) is 0 Å². The van der Waals surface area contributed by atoms with E-state index in [1.807, 2.05) is 47.6 Å². The van der Waals surface area contributed by atoms with Crippen LogP contribution in [-0.4, -0.2) is 54.1 Å². The largest absolute Gasteiger partial charge is 0.353 e. The summed E-state index contributed by atoms with van der Waals surface area (Å²) in [6.07, 6.45) is 3.77. The van der Waals surface area contributed by atoms with Gasteiger partial charge in [0.2, 0.25) is 5.91 Å². The van der Waals surface area contributed by atoms with E-state index in [1.54, 1.807) is 24.9 Å². The first-order valence-electron chi connectivity index (χ1n) is 8.95. The first-order valence-corrected chi connectivity index (χ1v) is 10.2. The minimum absolute atomic E-state index is 0.0983. The Balaban J connectivity index is 1.64. The average molecular weight is 385 g/mol. The first kappa shape index (κ1) is 19.2. The summed E-state index contributed by atoms with van der Waals surface area (Å²) in [5, 5.41) is 2.98. The molecule has 7 heteroatoms. The van der Waals surface area contributed by atoms with Crippen molar-refractivity contribution < 1.29 is 9.59 Å². The van der Waals surface area contributed by atoms with E-state index in [4.69, 9.17) is 0 Å². The Bertz CT molecular complexity index is 802. The molecule has 1 saturated heterocycles. The molecule has 0 atom stereocenters. The van der Waals surface area contributed by atoms with E-state index in [0.717, 1.165) is 29.4 Å². The minimum atomic E-state index is -0.0983. The number of aromatic nitrogens is 1. The third-order valence-corrected chi connectivity index (χ3v) is 5.43. The van der Waals surface area contributed by atoms with Crippen molar-refractivity contribution in [2.24, 2.45) is 0 Å². The number of carbonyl (C=O) groups excluding carboxylic acids is 2. The molecule has 1 fully saturated rings. The molecule has 0 bridgehead atoms. The van der Waals surface area contributed by atoms with Crippen molar-refractivity contribution in [1.82, 2.24) is 15.2 Å². The van der Waals surface area contributed by atoms with E-state index < -0.39 is 0 Å². The normalized spacial score (nSPS) is 14.1. The predicted octanol–water partition coefficient (Wildman–Crippen LogP) is 2.40. The molecule has 1 aromatic heterocycles. The number of benzene rings is 1. The lowest BCUT2D eigenvalue weighted by Gasteiger charge is -2.35. The van der Waals surface area contributed by atoms with Crippen molar-refractivity contribution in [1.29, 1.82) is 0 Å². The number of anilines is 1. The fourth-order valence-corrected chi connectivity index (χ4v) is 3.51. The third-order valence-electron chi connectivity index (χ3n) is 4.68. The van der Waals surface area contributed by atoms with Gasteiger partial charge in [0.15, 0.2) is 0 Å². The molecule has 0 radical (unpaired) electrons. The van der Waals surface area contributed by atoms with Crippen molar-refractivity contribution in [2.45, 2.75) is 18.4 Å².